The minimum absolute atomic E-state index is 0.279. The minimum atomic E-state index is -0.811. The van der Waals surface area contributed by atoms with Gasteiger partial charge in [0.1, 0.15) is 17.1 Å². The number of imide groups is 1. The number of urea groups is 1. The molecule has 0 atom stereocenters. The van der Waals surface area contributed by atoms with E-state index in [1.165, 1.54) is 0 Å². The van der Waals surface area contributed by atoms with Crippen LogP contribution in [0.25, 0.3) is 20.8 Å². The maximum absolute atomic E-state index is 12.8. The Kier molecular flexibility index (Phi) is 4.94. The van der Waals surface area contributed by atoms with Gasteiger partial charge in [-0.05, 0) is 49.2 Å². The van der Waals surface area contributed by atoms with Crippen molar-refractivity contribution in [1.29, 1.82) is 0 Å². The zero-order chi connectivity index (χ0) is 21.4. The van der Waals surface area contributed by atoms with Gasteiger partial charge in [-0.25, -0.2) is 9.78 Å². The molecule has 4 amide bonds. The predicted molar refractivity (Wildman–Crippen MR) is 120 cm³/mol. The SMILES string of the molecule is O=C(CN1C(=O)NC2(CCCCC2)C1=O)Nc1ccc(-c2nc3ccccc3s2)cc1. The zero-order valence-corrected chi connectivity index (χ0v) is 17.7. The van der Waals surface area contributed by atoms with Crippen LogP contribution in [-0.2, 0) is 9.59 Å². The number of aromatic nitrogens is 1. The normalized spacial score (nSPS) is 17.9. The predicted octanol–water partition coefficient (Wildman–Crippen LogP) is 4.16. The average Bonchev–Trinajstić information content (AvgIpc) is 3.30. The van der Waals surface area contributed by atoms with E-state index in [0.29, 0.717) is 18.5 Å². The van der Waals surface area contributed by atoms with Gasteiger partial charge in [-0.3, -0.25) is 14.5 Å². The first kappa shape index (κ1) is 19.7. The van der Waals surface area contributed by atoms with E-state index in [-0.39, 0.29) is 12.5 Å². The van der Waals surface area contributed by atoms with Crippen LogP contribution in [0.5, 0.6) is 0 Å². The molecule has 1 saturated carbocycles. The number of carbonyl (C=O) groups excluding carboxylic acids is 3. The third-order valence-corrected chi connectivity index (χ3v) is 7.05. The van der Waals surface area contributed by atoms with Crippen molar-refractivity contribution < 1.29 is 14.4 Å². The van der Waals surface area contributed by atoms with Crippen molar-refractivity contribution in [2.45, 2.75) is 37.6 Å². The summed E-state index contributed by atoms with van der Waals surface area (Å²) in [5.74, 6) is -0.678. The molecule has 5 rings (SSSR count). The number of thiazole rings is 1. The summed E-state index contributed by atoms with van der Waals surface area (Å²) in [6.07, 6.45) is 4.17. The van der Waals surface area contributed by atoms with Crippen LogP contribution >= 0.6 is 11.3 Å². The second kappa shape index (κ2) is 7.77. The molecule has 0 radical (unpaired) electrons. The van der Waals surface area contributed by atoms with Gasteiger partial charge in [0.2, 0.25) is 5.91 Å². The van der Waals surface area contributed by atoms with Gasteiger partial charge < -0.3 is 10.6 Å². The third-order valence-electron chi connectivity index (χ3n) is 5.96. The van der Waals surface area contributed by atoms with Crippen LogP contribution in [0, 0.1) is 0 Å². The van der Waals surface area contributed by atoms with Crippen LogP contribution in [0.1, 0.15) is 32.1 Å². The van der Waals surface area contributed by atoms with Crippen molar-refractivity contribution >= 4 is 45.1 Å². The Labute approximate surface area is 183 Å². The molecule has 0 unspecified atom stereocenters. The maximum Gasteiger partial charge on any atom is 0.325 e. The molecule has 2 aromatic carbocycles. The van der Waals surface area contributed by atoms with Crippen LogP contribution in [0.2, 0.25) is 0 Å². The molecule has 1 aromatic heterocycles. The summed E-state index contributed by atoms with van der Waals surface area (Å²) in [4.78, 5) is 43.3. The number of hydrogen-bond acceptors (Lipinski definition) is 5. The Morgan fingerprint density at radius 1 is 1.06 bits per heavy atom. The standard InChI is InChI=1S/C23H22N4O3S/c28-19(14-27-21(29)23(26-22(27)30)12-4-1-5-13-23)24-16-10-8-15(9-11-16)20-25-17-6-2-3-7-18(17)31-20/h2-3,6-11H,1,4-5,12-14H2,(H,24,28)(H,26,30). The van der Waals surface area contributed by atoms with Crippen LogP contribution in [0.4, 0.5) is 10.5 Å². The van der Waals surface area contributed by atoms with Crippen molar-refractivity contribution in [3.63, 3.8) is 0 Å². The summed E-state index contributed by atoms with van der Waals surface area (Å²) in [7, 11) is 0. The summed E-state index contributed by atoms with van der Waals surface area (Å²) < 4.78 is 1.12. The van der Waals surface area contributed by atoms with Crippen LogP contribution in [0.3, 0.4) is 0 Å². The van der Waals surface area contributed by atoms with E-state index in [4.69, 9.17) is 0 Å². The second-order valence-corrected chi connectivity index (χ2v) is 9.11. The molecule has 1 aliphatic carbocycles. The largest absolute Gasteiger partial charge is 0.325 e. The van der Waals surface area contributed by atoms with Crippen LogP contribution in [-0.4, -0.2) is 39.8 Å². The van der Waals surface area contributed by atoms with Gasteiger partial charge in [0.05, 0.1) is 10.2 Å². The number of nitrogens with one attached hydrogen (secondary N) is 2. The lowest BCUT2D eigenvalue weighted by Crippen LogP contribution is -2.48. The van der Waals surface area contributed by atoms with Crippen molar-refractivity contribution in [1.82, 2.24) is 15.2 Å². The van der Waals surface area contributed by atoms with Crippen molar-refractivity contribution in [3.8, 4) is 10.6 Å². The number of benzene rings is 2. The van der Waals surface area contributed by atoms with Crippen molar-refractivity contribution in [2.75, 3.05) is 11.9 Å². The summed E-state index contributed by atoms with van der Waals surface area (Å²) in [5, 5.41) is 6.52. The molecule has 3 aromatic rings. The Balaban J connectivity index is 1.24. The number of para-hydroxylation sites is 1. The number of rotatable bonds is 4. The Morgan fingerprint density at radius 2 is 1.81 bits per heavy atom. The molecule has 1 aliphatic heterocycles. The molecular weight excluding hydrogens is 412 g/mol. The maximum atomic E-state index is 12.8. The number of carbonyl (C=O) groups is 3. The molecule has 7 nitrogen and oxygen atoms in total. The third kappa shape index (κ3) is 3.67. The Morgan fingerprint density at radius 3 is 2.55 bits per heavy atom. The molecule has 0 bridgehead atoms. The van der Waals surface area contributed by atoms with Crippen LogP contribution < -0.4 is 10.6 Å². The molecule has 2 aliphatic rings. The first-order chi connectivity index (χ1) is 15.0. The monoisotopic (exact) mass is 434 g/mol. The quantitative estimate of drug-likeness (QED) is 0.604. The average molecular weight is 435 g/mol. The summed E-state index contributed by atoms with van der Waals surface area (Å²) in [6.45, 7) is -0.286. The molecular formula is C23H22N4O3S. The first-order valence-electron chi connectivity index (χ1n) is 10.4. The lowest BCUT2D eigenvalue weighted by atomic mass is 9.82. The molecule has 1 saturated heterocycles. The van der Waals surface area contributed by atoms with E-state index in [0.717, 1.165) is 45.0 Å². The molecule has 2 fully saturated rings. The Bertz CT molecular complexity index is 1130. The van der Waals surface area contributed by atoms with Gasteiger partial charge in [0.25, 0.3) is 5.91 Å². The number of hydrogen-bond donors (Lipinski definition) is 2. The van der Waals surface area contributed by atoms with E-state index in [1.54, 1.807) is 23.5 Å². The van der Waals surface area contributed by atoms with Gasteiger partial charge in [-0.15, -0.1) is 11.3 Å². The van der Waals surface area contributed by atoms with Crippen LogP contribution in [0.15, 0.2) is 48.5 Å². The highest BCUT2D eigenvalue weighted by molar-refractivity contribution is 7.21. The number of nitrogens with zero attached hydrogens (tertiary/aromatic N) is 2. The van der Waals surface area contributed by atoms with Crippen molar-refractivity contribution in [3.05, 3.63) is 48.5 Å². The highest BCUT2D eigenvalue weighted by Gasteiger charge is 2.51. The highest BCUT2D eigenvalue weighted by Crippen LogP contribution is 2.34. The van der Waals surface area contributed by atoms with E-state index >= 15 is 0 Å². The second-order valence-electron chi connectivity index (χ2n) is 8.08. The molecule has 1 spiro atoms. The van der Waals surface area contributed by atoms with Gasteiger partial charge in [0, 0.05) is 11.3 Å². The van der Waals surface area contributed by atoms with E-state index in [9.17, 15) is 14.4 Å². The van der Waals surface area contributed by atoms with E-state index < -0.39 is 17.5 Å². The van der Waals surface area contributed by atoms with Gasteiger partial charge >= 0.3 is 6.03 Å². The fourth-order valence-electron chi connectivity index (χ4n) is 4.35. The van der Waals surface area contributed by atoms with Crippen molar-refractivity contribution in [2.24, 2.45) is 0 Å². The fraction of sp³-hybridized carbons (Fsp3) is 0.304. The topological polar surface area (TPSA) is 91.4 Å². The zero-order valence-electron chi connectivity index (χ0n) is 16.9. The van der Waals surface area contributed by atoms with E-state index in [2.05, 4.69) is 15.6 Å². The number of amides is 4. The lowest BCUT2D eigenvalue weighted by molar-refractivity contribution is -0.134. The molecule has 8 heteroatoms. The minimum Gasteiger partial charge on any atom is -0.325 e. The molecule has 2 heterocycles. The first-order valence-corrected chi connectivity index (χ1v) is 11.3. The molecule has 2 N–H and O–H groups in total. The lowest BCUT2D eigenvalue weighted by Gasteiger charge is -2.30. The van der Waals surface area contributed by atoms with Gasteiger partial charge in [-0.2, -0.15) is 0 Å². The summed E-state index contributed by atoms with van der Waals surface area (Å²) in [6, 6.07) is 14.9. The fourth-order valence-corrected chi connectivity index (χ4v) is 5.32. The van der Waals surface area contributed by atoms with E-state index in [1.807, 2.05) is 36.4 Å². The smallest absolute Gasteiger partial charge is 0.325 e. The summed E-state index contributed by atoms with van der Waals surface area (Å²) in [5.41, 5.74) is 1.72. The highest BCUT2D eigenvalue weighted by atomic mass is 32.1. The number of anilines is 1. The Hall–Kier alpha value is -3.26. The molecule has 31 heavy (non-hydrogen) atoms. The molecule has 158 valence electrons. The number of fused-ring (bicyclic) bond motifs is 1. The van der Waals surface area contributed by atoms with Gasteiger partial charge in [0.15, 0.2) is 0 Å². The van der Waals surface area contributed by atoms with Gasteiger partial charge in [-0.1, -0.05) is 31.4 Å². The summed E-state index contributed by atoms with van der Waals surface area (Å²) >= 11 is 1.62.